The van der Waals surface area contributed by atoms with E-state index in [1.54, 1.807) is 19.2 Å². The summed E-state index contributed by atoms with van der Waals surface area (Å²) >= 11 is 0. The lowest BCUT2D eigenvalue weighted by Gasteiger charge is -2.12. The molecule has 23 heavy (non-hydrogen) atoms. The van der Waals surface area contributed by atoms with Gasteiger partial charge in [0.1, 0.15) is 11.4 Å². The van der Waals surface area contributed by atoms with Crippen molar-refractivity contribution >= 4 is 11.0 Å². The summed E-state index contributed by atoms with van der Waals surface area (Å²) in [6, 6.07) is 9.95. The maximum atomic E-state index is 12.2. The maximum Gasteiger partial charge on any atom is 0.330 e. The molecule has 1 aromatic carbocycles. The van der Waals surface area contributed by atoms with Crippen LogP contribution in [0.5, 0.6) is 5.75 Å². The van der Waals surface area contributed by atoms with Crippen LogP contribution in [-0.4, -0.2) is 21.2 Å². The van der Waals surface area contributed by atoms with Crippen molar-refractivity contribution in [2.24, 2.45) is 7.05 Å². The van der Waals surface area contributed by atoms with Gasteiger partial charge < -0.3 is 4.74 Å². The summed E-state index contributed by atoms with van der Waals surface area (Å²) in [5.74, 6) is 0.708. The summed E-state index contributed by atoms with van der Waals surface area (Å²) in [6.45, 7) is 0.230. The number of hydrogen-bond acceptors (Lipinski definition) is 4. The van der Waals surface area contributed by atoms with E-state index in [1.807, 2.05) is 12.1 Å². The Hall–Kier alpha value is -3.09. The second-order valence-corrected chi connectivity index (χ2v) is 5.16. The number of aryl methyl sites for hydroxylation is 1. The van der Waals surface area contributed by atoms with Gasteiger partial charge in [0.25, 0.3) is 11.1 Å². The number of hydrogen-bond donors (Lipinski definition) is 1. The number of fused-ring (bicyclic) bond motifs is 1. The molecule has 3 rings (SSSR count). The van der Waals surface area contributed by atoms with Crippen molar-refractivity contribution in [1.29, 1.82) is 0 Å². The molecule has 0 bridgehead atoms. The minimum Gasteiger partial charge on any atom is -0.497 e. The van der Waals surface area contributed by atoms with E-state index in [-0.39, 0.29) is 12.1 Å². The molecule has 3 aromatic rings. The van der Waals surface area contributed by atoms with Crippen molar-refractivity contribution in [3.63, 3.8) is 0 Å². The highest BCUT2D eigenvalue weighted by molar-refractivity contribution is 5.74. The fourth-order valence-corrected chi connectivity index (χ4v) is 2.52. The van der Waals surface area contributed by atoms with Crippen molar-refractivity contribution in [2.75, 3.05) is 7.11 Å². The van der Waals surface area contributed by atoms with E-state index in [0.29, 0.717) is 16.8 Å². The zero-order valence-electron chi connectivity index (χ0n) is 12.7. The Balaban J connectivity index is 2.23. The fourth-order valence-electron chi connectivity index (χ4n) is 2.52. The molecule has 0 spiro atoms. The Morgan fingerprint density at radius 3 is 2.39 bits per heavy atom. The monoisotopic (exact) mass is 313 g/mol. The van der Waals surface area contributed by atoms with Gasteiger partial charge in [0, 0.05) is 13.1 Å². The van der Waals surface area contributed by atoms with Crippen molar-refractivity contribution in [1.82, 2.24) is 14.1 Å². The summed E-state index contributed by atoms with van der Waals surface area (Å²) in [5.41, 5.74) is -0.211. The Morgan fingerprint density at radius 2 is 1.74 bits per heavy atom. The summed E-state index contributed by atoms with van der Waals surface area (Å²) in [5, 5.41) is 0.292. The fraction of sp³-hybridized carbons (Fsp3) is 0.188. The lowest BCUT2D eigenvalue weighted by atomic mass is 10.2. The summed E-state index contributed by atoms with van der Waals surface area (Å²) in [4.78, 5) is 38.3. The summed E-state index contributed by atoms with van der Waals surface area (Å²) in [7, 11) is 3.11. The third kappa shape index (κ3) is 2.57. The highest BCUT2D eigenvalue weighted by Crippen LogP contribution is 2.13. The van der Waals surface area contributed by atoms with Gasteiger partial charge in [0.2, 0.25) is 0 Å². The van der Waals surface area contributed by atoms with Crippen LogP contribution >= 0.6 is 0 Å². The molecule has 0 fully saturated rings. The number of pyridine rings is 1. The zero-order valence-corrected chi connectivity index (χ0v) is 12.7. The number of rotatable bonds is 3. The van der Waals surface area contributed by atoms with Gasteiger partial charge in [-0.2, -0.15) is 0 Å². The number of nitrogens with zero attached hydrogens (tertiary/aromatic N) is 2. The molecule has 0 radical (unpaired) electrons. The number of ether oxygens (including phenoxy) is 1. The van der Waals surface area contributed by atoms with Gasteiger partial charge in [0.05, 0.1) is 19.0 Å². The van der Waals surface area contributed by atoms with E-state index in [0.717, 1.165) is 5.56 Å². The molecule has 0 saturated heterocycles. The number of nitrogens with one attached hydrogen (secondary N) is 1. The van der Waals surface area contributed by atoms with Gasteiger partial charge in [-0.25, -0.2) is 4.79 Å². The molecule has 0 aliphatic heterocycles. The molecule has 0 saturated carbocycles. The van der Waals surface area contributed by atoms with Crippen LogP contribution in [0, 0.1) is 0 Å². The van der Waals surface area contributed by atoms with Gasteiger partial charge in [-0.1, -0.05) is 12.1 Å². The molecule has 7 heteroatoms. The second kappa shape index (κ2) is 5.60. The zero-order chi connectivity index (χ0) is 16.6. The molecular formula is C16H15N3O4. The van der Waals surface area contributed by atoms with Crippen LogP contribution in [0.3, 0.4) is 0 Å². The summed E-state index contributed by atoms with van der Waals surface area (Å²) < 4.78 is 7.78. The normalized spacial score (nSPS) is 10.9. The standard InChI is InChI=1S/C16H15N3O4/c1-18-13(20)8-7-12-14(21)17-16(22)19(15(12)18)9-10-3-5-11(23-2)6-4-10/h3-8H,9H2,1-2H3,(H,17,21,22). The van der Waals surface area contributed by atoms with Crippen LogP contribution in [-0.2, 0) is 13.6 Å². The first kappa shape index (κ1) is 14.8. The first-order valence-corrected chi connectivity index (χ1v) is 6.97. The van der Waals surface area contributed by atoms with E-state index in [1.165, 1.54) is 28.3 Å². The van der Waals surface area contributed by atoms with E-state index in [9.17, 15) is 14.4 Å². The molecule has 2 heterocycles. The topological polar surface area (TPSA) is 86.1 Å². The van der Waals surface area contributed by atoms with Crippen LogP contribution in [0.15, 0.2) is 50.8 Å². The highest BCUT2D eigenvalue weighted by atomic mass is 16.5. The van der Waals surface area contributed by atoms with Crippen LogP contribution in [0.25, 0.3) is 11.0 Å². The molecule has 2 aromatic heterocycles. The molecule has 7 nitrogen and oxygen atoms in total. The largest absolute Gasteiger partial charge is 0.497 e. The van der Waals surface area contributed by atoms with Gasteiger partial charge >= 0.3 is 5.69 Å². The molecule has 1 N–H and O–H groups in total. The van der Waals surface area contributed by atoms with E-state index >= 15 is 0 Å². The number of H-pyrrole nitrogens is 1. The Bertz CT molecular complexity index is 1040. The van der Waals surface area contributed by atoms with E-state index < -0.39 is 11.2 Å². The van der Waals surface area contributed by atoms with E-state index in [4.69, 9.17) is 4.74 Å². The SMILES string of the molecule is COc1ccc(Cn2c(=O)[nH]c(=O)c3ccc(=O)n(C)c32)cc1. The number of benzene rings is 1. The highest BCUT2D eigenvalue weighted by Gasteiger charge is 2.11. The van der Waals surface area contributed by atoms with Gasteiger partial charge in [-0.3, -0.25) is 23.7 Å². The van der Waals surface area contributed by atoms with Crippen molar-refractivity contribution < 1.29 is 4.74 Å². The number of methoxy groups -OCH3 is 1. The van der Waals surface area contributed by atoms with Crippen molar-refractivity contribution in [2.45, 2.75) is 6.54 Å². The number of aromatic nitrogens is 3. The number of aromatic amines is 1. The Labute approximate surface area is 130 Å². The third-order valence-corrected chi connectivity index (χ3v) is 3.75. The molecule has 118 valence electrons. The van der Waals surface area contributed by atoms with Gasteiger partial charge in [-0.05, 0) is 23.8 Å². The van der Waals surface area contributed by atoms with Gasteiger partial charge in [0.15, 0.2) is 0 Å². The van der Waals surface area contributed by atoms with Crippen LogP contribution < -0.4 is 21.5 Å². The minimum absolute atomic E-state index is 0.230. The van der Waals surface area contributed by atoms with Crippen LogP contribution in [0.1, 0.15) is 5.56 Å². The maximum absolute atomic E-state index is 12.2. The Morgan fingerprint density at radius 1 is 1.04 bits per heavy atom. The predicted molar refractivity (Wildman–Crippen MR) is 86.2 cm³/mol. The molecule has 0 atom stereocenters. The summed E-state index contributed by atoms with van der Waals surface area (Å²) in [6.07, 6.45) is 0. The lowest BCUT2D eigenvalue weighted by Crippen LogP contribution is -2.34. The van der Waals surface area contributed by atoms with Crippen LogP contribution in [0.2, 0.25) is 0 Å². The molecule has 0 unspecified atom stereocenters. The minimum atomic E-state index is -0.556. The first-order valence-electron chi connectivity index (χ1n) is 6.97. The van der Waals surface area contributed by atoms with Crippen LogP contribution in [0.4, 0.5) is 0 Å². The average molecular weight is 313 g/mol. The molecule has 0 aliphatic rings. The lowest BCUT2D eigenvalue weighted by molar-refractivity contribution is 0.414. The van der Waals surface area contributed by atoms with Gasteiger partial charge in [-0.15, -0.1) is 0 Å². The Kier molecular flexibility index (Phi) is 3.61. The quantitative estimate of drug-likeness (QED) is 0.760. The predicted octanol–water partition coefficient (Wildman–Crippen LogP) is 0.445. The van der Waals surface area contributed by atoms with E-state index in [2.05, 4.69) is 4.98 Å². The van der Waals surface area contributed by atoms with Crippen molar-refractivity contribution in [3.8, 4) is 5.75 Å². The smallest absolute Gasteiger partial charge is 0.330 e. The average Bonchev–Trinajstić information content (AvgIpc) is 2.55. The molecule has 0 aliphatic carbocycles. The molecule has 0 amide bonds. The molecular weight excluding hydrogens is 298 g/mol. The van der Waals surface area contributed by atoms with Crippen molar-refractivity contribution in [3.05, 3.63) is 73.2 Å². The second-order valence-electron chi connectivity index (χ2n) is 5.16. The third-order valence-electron chi connectivity index (χ3n) is 3.75. The first-order chi connectivity index (χ1) is 11.0.